The molecule has 0 amide bonds. The summed E-state index contributed by atoms with van der Waals surface area (Å²) in [5, 5.41) is 12.7. The Morgan fingerprint density at radius 3 is 2.26 bits per heavy atom. The highest BCUT2D eigenvalue weighted by Gasteiger charge is 2.29. The second-order valence-corrected chi connectivity index (χ2v) is 8.81. The Balaban J connectivity index is 1.29. The predicted molar refractivity (Wildman–Crippen MR) is 133 cm³/mol. The first-order valence-electron chi connectivity index (χ1n) is 11.8. The highest BCUT2D eigenvalue weighted by molar-refractivity contribution is 5.70. The van der Waals surface area contributed by atoms with Gasteiger partial charge >= 0.3 is 5.97 Å². The smallest absolute Gasteiger partial charge is 0.306 e. The first kappa shape index (κ1) is 23.7. The maximum Gasteiger partial charge on any atom is 0.306 e. The van der Waals surface area contributed by atoms with Gasteiger partial charge < -0.3 is 15.2 Å². The zero-order valence-corrected chi connectivity index (χ0v) is 19.8. The molecule has 0 radical (unpaired) electrons. The van der Waals surface area contributed by atoms with E-state index in [1.807, 2.05) is 55.7 Å². The van der Waals surface area contributed by atoms with Gasteiger partial charge in [-0.15, -0.1) is 0 Å². The third-order valence-electron chi connectivity index (χ3n) is 6.65. The molecule has 1 atom stereocenters. The van der Waals surface area contributed by atoms with Gasteiger partial charge in [0.05, 0.1) is 13.0 Å². The normalized spacial score (nSPS) is 15.6. The molecule has 0 spiro atoms. The van der Waals surface area contributed by atoms with E-state index in [2.05, 4.69) is 32.3 Å². The number of ether oxygens (including phenoxy) is 1. The Morgan fingerprint density at radius 2 is 1.71 bits per heavy atom. The van der Waals surface area contributed by atoms with Crippen molar-refractivity contribution in [2.45, 2.75) is 32.7 Å². The number of carboxylic acid groups (broad SMARTS) is 1. The average Bonchev–Trinajstić information content (AvgIpc) is 2.87. The largest absolute Gasteiger partial charge is 0.497 e. The number of rotatable bonds is 9. The van der Waals surface area contributed by atoms with Crippen LogP contribution in [-0.4, -0.2) is 46.1 Å². The number of hydrogen-bond donors (Lipinski definition) is 2. The van der Waals surface area contributed by atoms with Gasteiger partial charge in [0.2, 0.25) is 5.95 Å². The lowest BCUT2D eigenvalue weighted by Gasteiger charge is -2.34. The molecule has 3 aromatic rings. The molecule has 1 aliphatic rings. The summed E-state index contributed by atoms with van der Waals surface area (Å²) in [7, 11) is 1.65. The molecule has 1 saturated heterocycles. The minimum absolute atomic E-state index is 0.208. The van der Waals surface area contributed by atoms with E-state index in [1.165, 1.54) is 5.56 Å². The molecule has 0 saturated carbocycles. The predicted octanol–water partition coefficient (Wildman–Crippen LogP) is 5.22. The van der Waals surface area contributed by atoms with Gasteiger partial charge in [0.25, 0.3) is 0 Å². The van der Waals surface area contributed by atoms with Gasteiger partial charge in [-0.1, -0.05) is 31.2 Å². The van der Waals surface area contributed by atoms with Crippen molar-refractivity contribution >= 4 is 17.6 Å². The SMILES string of the molecule is CCC(C(=O)O)C1CCN(Cc2ccc(Nc3ncc(-c4ccc(OC)cc4)cn3)cc2)CC1. The minimum atomic E-state index is -0.650. The standard InChI is InChI=1S/C27H32N4O3/c1-3-25(26(32)33)21-12-14-31(15-13-21)18-19-4-8-23(9-5-19)30-27-28-16-22(17-29-27)20-6-10-24(34-2)11-7-20/h4-11,16-17,21,25H,3,12-15,18H2,1-2H3,(H,32,33)(H,28,29,30). The first-order valence-corrected chi connectivity index (χ1v) is 11.8. The molecule has 7 nitrogen and oxygen atoms in total. The summed E-state index contributed by atoms with van der Waals surface area (Å²) in [6.45, 7) is 4.75. The summed E-state index contributed by atoms with van der Waals surface area (Å²) in [5.74, 6) is 0.806. The molecule has 178 valence electrons. The van der Waals surface area contributed by atoms with E-state index in [-0.39, 0.29) is 5.92 Å². The van der Waals surface area contributed by atoms with Gasteiger partial charge in [0.15, 0.2) is 0 Å². The Bertz CT molecular complexity index is 1060. The number of aliphatic carboxylic acids is 1. The monoisotopic (exact) mass is 460 g/mol. The topological polar surface area (TPSA) is 87.6 Å². The molecule has 1 fully saturated rings. The lowest BCUT2D eigenvalue weighted by molar-refractivity contribution is -0.144. The van der Waals surface area contributed by atoms with Crippen molar-refractivity contribution in [1.82, 2.24) is 14.9 Å². The summed E-state index contributed by atoms with van der Waals surface area (Å²) in [6.07, 6.45) is 6.23. The fraction of sp³-hybridized carbons (Fsp3) is 0.370. The van der Waals surface area contributed by atoms with Crippen LogP contribution in [0.5, 0.6) is 5.75 Å². The van der Waals surface area contributed by atoms with Crippen LogP contribution < -0.4 is 10.1 Å². The van der Waals surface area contributed by atoms with Gasteiger partial charge in [-0.25, -0.2) is 9.97 Å². The van der Waals surface area contributed by atoms with Crippen LogP contribution in [0.15, 0.2) is 60.9 Å². The Kier molecular flexibility index (Phi) is 7.75. The second-order valence-electron chi connectivity index (χ2n) is 8.81. The van der Waals surface area contributed by atoms with Crippen molar-refractivity contribution in [1.29, 1.82) is 0 Å². The molecule has 2 N–H and O–H groups in total. The minimum Gasteiger partial charge on any atom is -0.497 e. The van der Waals surface area contributed by atoms with Crippen molar-refractivity contribution < 1.29 is 14.6 Å². The van der Waals surface area contributed by atoms with Crippen LogP contribution in [0.25, 0.3) is 11.1 Å². The lowest BCUT2D eigenvalue weighted by atomic mass is 9.82. The molecular formula is C27H32N4O3. The van der Waals surface area contributed by atoms with Crippen LogP contribution in [0.4, 0.5) is 11.6 Å². The number of anilines is 2. The maximum absolute atomic E-state index is 11.4. The average molecular weight is 461 g/mol. The number of nitrogens with one attached hydrogen (secondary N) is 1. The van der Waals surface area contributed by atoms with Crippen molar-refractivity contribution in [2.75, 3.05) is 25.5 Å². The number of aromatic nitrogens is 2. The molecule has 4 rings (SSSR count). The van der Waals surface area contributed by atoms with Crippen LogP contribution in [0.2, 0.25) is 0 Å². The lowest BCUT2D eigenvalue weighted by Crippen LogP contribution is -2.37. The van der Waals surface area contributed by atoms with Crippen molar-refractivity contribution in [2.24, 2.45) is 11.8 Å². The van der Waals surface area contributed by atoms with Crippen molar-refractivity contribution in [3.05, 3.63) is 66.5 Å². The zero-order chi connectivity index (χ0) is 23.9. The number of piperidine rings is 1. The summed E-state index contributed by atoms with van der Waals surface area (Å²) in [6, 6.07) is 16.1. The number of carboxylic acids is 1. The molecule has 1 aliphatic heterocycles. The molecular weight excluding hydrogens is 428 g/mol. The summed E-state index contributed by atoms with van der Waals surface area (Å²) >= 11 is 0. The van der Waals surface area contributed by atoms with E-state index >= 15 is 0 Å². The second kappa shape index (κ2) is 11.1. The summed E-state index contributed by atoms with van der Waals surface area (Å²) < 4.78 is 5.20. The van der Waals surface area contributed by atoms with Crippen molar-refractivity contribution in [3.63, 3.8) is 0 Å². The molecule has 0 aliphatic carbocycles. The van der Waals surface area contributed by atoms with E-state index in [0.29, 0.717) is 18.3 Å². The number of nitrogens with zero attached hydrogens (tertiary/aromatic N) is 3. The number of methoxy groups -OCH3 is 1. The fourth-order valence-electron chi connectivity index (χ4n) is 4.63. The van der Waals surface area contributed by atoms with E-state index in [4.69, 9.17) is 4.74 Å². The van der Waals surface area contributed by atoms with Gasteiger partial charge in [-0.3, -0.25) is 9.69 Å². The molecule has 7 heteroatoms. The number of likely N-dealkylation sites (tertiary alicyclic amines) is 1. The summed E-state index contributed by atoms with van der Waals surface area (Å²) in [5.41, 5.74) is 4.16. The Morgan fingerprint density at radius 1 is 1.06 bits per heavy atom. The molecule has 0 bridgehead atoms. The van der Waals surface area contributed by atoms with Gasteiger partial charge in [-0.05, 0) is 73.7 Å². The van der Waals surface area contributed by atoms with Gasteiger partial charge in [0, 0.05) is 30.2 Å². The number of hydrogen-bond acceptors (Lipinski definition) is 6. The summed E-state index contributed by atoms with van der Waals surface area (Å²) in [4.78, 5) is 22.7. The fourth-order valence-corrected chi connectivity index (χ4v) is 4.63. The molecule has 1 unspecified atom stereocenters. The van der Waals surface area contributed by atoms with Crippen LogP contribution in [0, 0.1) is 11.8 Å². The zero-order valence-electron chi connectivity index (χ0n) is 19.8. The Labute approximate surface area is 200 Å². The number of carbonyl (C=O) groups is 1. The Hall–Kier alpha value is -3.45. The number of benzene rings is 2. The van der Waals surface area contributed by atoms with E-state index in [9.17, 15) is 9.90 Å². The molecule has 1 aromatic heterocycles. The molecule has 34 heavy (non-hydrogen) atoms. The maximum atomic E-state index is 11.4. The van der Waals surface area contributed by atoms with E-state index in [1.54, 1.807) is 7.11 Å². The molecule has 2 aromatic carbocycles. The van der Waals surface area contributed by atoms with Gasteiger partial charge in [-0.2, -0.15) is 0 Å². The van der Waals surface area contributed by atoms with Crippen LogP contribution in [0.1, 0.15) is 31.7 Å². The van der Waals surface area contributed by atoms with E-state index < -0.39 is 5.97 Å². The van der Waals surface area contributed by atoms with Crippen molar-refractivity contribution in [3.8, 4) is 16.9 Å². The van der Waals surface area contributed by atoms with Crippen LogP contribution in [-0.2, 0) is 11.3 Å². The highest BCUT2D eigenvalue weighted by atomic mass is 16.5. The quantitative estimate of drug-likeness (QED) is 0.453. The third kappa shape index (κ3) is 5.91. The van der Waals surface area contributed by atoms with Gasteiger partial charge in [0.1, 0.15) is 5.75 Å². The third-order valence-corrected chi connectivity index (χ3v) is 6.65. The van der Waals surface area contributed by atoms with Crippen LogP contribution >= 0.6 is 0 Å². The highest BCUT2D eigenvalue weighted by Crippen LogP contribution is 2.28. The molecule has 2 heterocycles. The van der Waals surface area contributed by atoms with E-state index in [0.717, 1.165) is 55.0 Å². The first-order chi connectivity index (χ1) is 16.6. The van der Waals surface area contributed by atoms with Crippen LogP contribution in [0.3, 0.4) is 0 Å².